The molecule has 84 valence electrons. The van der Waals surface area contributed by atoms with E-state index in [-0.39, 0.29) is 6.61 Å². The van der Waals surface area contributed by atoms with Gasteiger partial charge in [-0.3, -0.25) is 13.9 Å². The molecule has 0 saturated heterocycles. The third-order valence-corrected chi connectivity index (χ3v) is 3.27. The summed E-state index contributed by atoms with van der Waals surface area (Å²) >= 11 is 0. The van der Waals surface area contributed by atoms with Gasteiger partial charge in [0.2, 0.25) is 8.32 Å². The first kappa shape index (κ1) is 13.8. The van der Waals surface area contributed by atoms with Gasteiger partial charge in [-0.15, -0.1) is 0 Å². The Labute approximate surface area is 85.4 Å². The summed E-state index contributed by atoms with van der Waals surface area (Å²) in [6.07, 6.45) is 0. The average Bonchev–Trinajstić information content (AvgIpc) is 1.98. The fourth-order valence-corrected chi connectivity index (χ4v) is 1.78. The van der Waals surface area contributed by atoms with E-state index in [4.69, 9.17) is 8.95 Å². The van der Waals surface area contributed by atoms with Crippen LogP contribution in [0.1, 0.15) is 0 Å². The predicted molar refractivity (Wildman–Crippen MR) is 55.9 cm³/mol. The van der Waals surface area contributed by atoms with E-state index < -0.39 is 21.9 Å². The Morgan fingerprint density at radius 2 is 1.86 bits per heavy atom. The Balaban J connectivity index is 3.93. The van der Waals surface area contributed by atoms with E-state index in [0.29, 0.717) is 0 Å². The highest BCUT2D eigenvalue weighted by Gasteiger charge is 2.22. The van der Waals surface area contributed by atoms with Gasteiger partial charge in [-0.1, -0.05) is 0 Å². The van der Waals surface area contributed by atoms with Gasteiger partial charge < -0.3 is 8.95 Å². The lowest BCUT2D eigenvalue weighted by Crippen LogP contribution is -2.31. The molecule has 14 heavy (non-hydrogen) atoms. The number of carbonyl (C=O) groups is 1. The molecule has 0 aliphatic heterocycles. The maximum Gasteiger partial charge on any atom is 0.327 e. The van der Waals surface area contributed by atoms with Crippen LogP contribution >= 0.6 is 7.60 Å². The molecule has 0 aromatic carbocycles. The molecule has 0 heterocycles. The van der Waals surface area contributed by atoms with Crippen molar-refractivity contribution < 1.29 is 22.8 Å². The van der Waals surface area contributed by atoms with E-state index in [1.54, 1.807) is 0 Å². The summed E-state index contributed by atoms with van der Waals surface area (Å²) in [5.74, 6) is -0.497. The second-order valence-electron chi connectivity index (χ2n) is 3.81. The lowest BCUT2D eigenvalue weighted by molar-refractivity contribution is -0.137. The van der Waals surface area contributed by atoms with Crippen molar-refractivity contribution in [2.45, 2.75) is 19.6 Å². The van der Waals surface area contributed by atoms with Gasteiger partial charge in [0.25, 0.3) is 0 Å². The zero-order valence-corrected chi connectivity index (χ0v) is 11.1. The molecule has 5 nitrogen and oxygen atoms in total. The molecule has 0 aliphatic carbocycles. The van der Waals surface area contributed by atoms with Crippen molar-refractivity contribution in [3.8, 4) is 0 Å². The minimum Gasteiger partial charge on any atom is -0.518 e. The van der Waals surface area contributed by atoms with Gasteiger partial charge in [0.15, 0.2) is 6.61 Å². The number of rotatable bonds is 5. The van der Waals surface area contributed by atoms with Gasteiger partial charge in [-0.25, -0.2) is 0 Å². The Kier molecular flexibility index (Phi) is 5.01. The van der Waals surface area contributed by atoms with Crippen molar-refractivity contribution in [1.29, 1.82) is 0 Å². The highest BCUT2D eigenvalue weighted by molar-refractivity contribution is 7.52. The van der Waals surface area contributed by atoms with Crippen LogP contribution in [0.5, 0.6) is 0 Å². The third-order valence-electron chi connectivity index (χ3n) is 1.17. The zero-order chi connectivity index (χ0) is 11.4. The maximum atomic E-state index is 11.2. The van der Waals surface area contributed by atoms with Gasteiger partial charge in [0.05, 0.1) is 0 Å². The normalized spacial score (nSPS) is 16.1. The minimum absolute atomic E-state index is 0.327. The van der Waals surface area contributed by atoms with Gasteiger partial charge in [-0.05, 0) is 19.6 Å². The van der Waals surface area contributed by atoms with Crippen LogP contribution in [0.4, 0.5) is 0 Å². The summed E-state index contributed by atoms with van der Waals surface area (Å²) in [7, 11) is -3.70. The molecule has 0 aromatic rings. The quantitative estimate of drug-likeness (QED) is 0.542. The molecule has 0 spiro atoms. The van der Waals surface area contributed by atoms with Crippen LogP contribution < -0.4 is 0 Å². The van der Waals surface area contributed by atoms with E-state index in [1.165, 1.54) is 13.8 Å². The summed E-state index contributed by atoms with van der Waals surface area (Å²) in [5.41, 5.74) is 0. The highest BCUT2D eigenvalue weighted by atomic mass is 31.2. The van der Waals surface area contributed by atoms with Crippen molar-refractivity contribution in [3.05, 3.63) is 0 Å². The monoisotopic (exact) mass is 240 g/mol. The molecular formula is C7H17O5PSi. The Bertz CT molecular complexity index is 247. The molecule has 1 unspecified atom stereocenters. The van der Waals surface area contributed by atoms with Crippen LogP contribution in [-0.4, -0.2) is 34.7 Å². The molecule has 0 fully saturated rings. The molecule has 0 saturated carbocycles. The van der Waals surface area contributed by atoms with Crippen LogP contribution in [0.25, 0.3) is 0 Å². The van der Waals surface area contributed by atoms with E-state index in [9.17, 15) is 9.36 Å². The Morgan fingerprint density at radius 1 is 1.36 bits per heavy atom. The number of hydrogen-bond donors (Lipinski definition) is 0. The molecule has 0 N–H and O–H groups in total. The number of carbonyl (C=O) groups excluding carboxylic acids is 1. The predicted octanol–water partition coefficient (Wildman–Crippen LogP) is 1.85. The molecule has 0 amide bonds. The molecule has 0 radical (unpaired) electrons. The summed E-state index contributed by atoms with van der Waals surface area (Å²) in [6, 6.07) is 0. The van der Waals surface area contributed by atoms with E-state index in [1.807, 2.05) is 19.6 Å². The Hall–Kier alpha value is -0.163. The van der Waals surface area contributed by atoms with E-state index >= 15 is 0 Å². The van der Waals surface area contributed by atoms with Crippen LogP contribution in [0.15, 0.2) is 0 Å². The van der Waals surface area contributed by atoms with Crippen molar-refractivity contribution in [2.24, 2.45) is 0 Å². The maximum absolute atomic E-state index is 11.2. The van der Waals surface area contributed by atoms with Crippen LogP contribution in [0.2, 0.25) is 19.6 Å². The highest BCUT2D eigenvalue weighted by Crippen LogP contribution is 2.42. The molecule has 0 aromatic heterocycles. The van der Waals surface area contributed by atoms with Gasteiger partial charge in [0.1, 0.15) is 0 Å². The van der Waals surface area contributed by atoms with Crippen molar-refractivity contribution in [1.82, 2.24) is 0 Å². The fourth-order valence-electron chi connectivity index (χ4n) is 0.594. The second-order valence-corrected chi connectivity index (χ2v) is 10.4. The Morgan fingerprint density at radius 3 is 2.21 bits per heavy atom. The fraction of sp³-hybridized carbons (Fsp3) is 0.857. The molecular weight excluding hydrogens is 223 g/mol. The standard InChI is InChI=1S/C7H17O5PSi/c1-10-13(2,9)11-6-7(8)12-14(3,4)5/h6H2,1-5H3. The SMILES string of the molecule is COP(C)(=O)OCC(=O)O[Si](C)(C)C. The first-order valence-electron chi connectivity index (χ1n) is 4.16. The molecule has 1 atom stereocenters. The van der Waals surface area contributed by atoms with Crippen LogP contribution in [0, 0.1) is 0 Å². The molecule has 7 heteroatoms. The third kappa shape index (κ3) is 7.26. The summed E-state index contributed by atoms with van der Waals surface area (Å²) in [6.45, 7) is 6.62. The summed E-state index contributed by atoms with van der Waals surface area (Å²) in [5, 5.41) is 0. The van der Waals surface area contributed by atoms with Gasteiger partial charge in [0, 0.05) is 13.8 Å². The topological polar surface area (TPSA) is 61.8 Å². The van der Waals surface area contributed by atoms with E-state index in [2.05, 4.69) is 4.52 Å². The van der Waals surface area contributed by atoms with Gasteiger partial charge >= 0.3 is 13.6 Å². The smallest absolute Gasteiger partial charge is 0.327 e. The summed E-state index contributed by atoms with van der Waals surface area (Å²) < 4.78 is 25.6. The zero-order valence-electron chi connectivity index (χ0n) is 9.20. The molecule has 0 aliphatic rings. The molecule has 0 rings (SSSR count). The second kappa shape index (κ2) is 5.07. The lowest BCUT2D eigenvalue weighted by atomic mass is 10.8. The lowest BCUT2D eigenvalue weighted by Gasteiger charge is -2.18. The van der Waals surface area contributed by atoms with E-state index in [0.717, 1.165) is 0 Å². The average molecular weight is 240 g/mol. The first-order valence-corrected chi connectivity index (χ1v) is 9.56. The summed E-state index contributed by atoms with van der Waals surface area (Å²) in [4.78, 5) is 11.1. The van der Waals surface area contributed by atoms with Crippen molar-refractivity contribution in [2.75, 3.05) is 20.4 Å². The first-order chi connectivity index (χ1) is 6.16. The van der Waals surface area contributed by atoms with Crippen LogP contribution in [0.3, 0.4) is 0 Å². The largest absolute Gasteiger partial charge is 0.518 e. The number of hydrogen-bond acceptors (Lipinski definition) is 5. The van der Waals surface area contributed by atoms with Gasteiger partial charge in [-0.2, -0.15) is 0 Å². The molecule has 0 bridgehead atoms. The van der Waals surface area contributed by atoms with Crippen molar-refractivity contribution in [3.63, 3.8) is 0 Å². The van der Waals surface area contributed by atoms with Crippen molar-refractivity contribution >= 4 is 21.9 Å². The minimum atomic E-state index is -3.08. The van der Waals surface area contributed by atoms with Crippen LogP contribution in [-0.2, 0) is 22.8 Å².